The smallest absolute Gasteiger partial charge is 0.333 e. The zero-order valence-corrected chi connectivity index (χ0v) is 12.9. The molecule has 0 N–H and O–H groups in total. The Balaban J connectivity index is 2.21. The van der Waals surface area contributed by atoms with Gasteiger partial charge in [-0.1, -0.05) is 48.4 Å². The van der Waals surface area contributed by atoms with E-state index in [4.69, 9.17) is 4.74 Å². The Hall–Kier alpha value is -0.530. The Morgan fingerprint density at radius 2 is 1.94 bits per heavy atom. The van der Waals surface area contributed by atoms with E-state index in [-0.39, 0.29) is 5.97 Å². The third-order valence-electron chi connectivity index (χ3n) is 1.71. The summed E-state index contributed by atoms with van der Waals surface area (Å²) < 4.78 is 6.90. The number of aromatic nitrogens is 2. The number of ether oxygens (including phenoxy) is 1. The summed E-state index contributed by atoms with van der Waals surface area (Å²) in [4.78, 5) is 11.1. The topological polar surface area (TPSA) is 52.1 Å². The van der Waals surface area contributed by atoms with Crippen molar-refractivity contribution in [2.24, 2.45) is 0 Å². The lowest BCUT2D eigenvalue weighted by Crippen LogP contribution is -2.07. The Morgan fingerprint density at radius 1 is 1.33 bits per heavy atom. The molecule has 1 aromatic heterocycles. The van der Waals surface area contributed by atoms with Crippen LogP contribution in [0.2, 0.25) is 0 Å². The van der Waals surface area contributed by atoms with Crippen molar-refractivity contribution >= 4 is 40.8 Å². The first kappa shape index (κ1) is 15.5. The van der Waals surface area contributed by atoms with Crippen molar-refractivity contribution < 1.29 is 9.53 Å². The first-order valence-electron chi connectivity index (χ1n) is 5.55. The molecule has 1 heterocycles. The number of hydrogen-bond donors (Lipinski definition) is 0. The van der Waals surface area contributed by atoms with Crippen molar-refractivity contribution in [3.63, 3.8) is 0 Å². The summed E-state index contributed by atoms with van der Waals surface area (Å²) in [6.45, 7) is 7.66. The summed E-state index contributed by atoms with van der Waals surface area (Å²) in [6.07, 6.45) is 1.13. The van der Waals surface area contributed by atoms with Crippen LogP contribution in [-0.2, 0) is 9.53 Å². The molecular formula is C11H16N2O2S3. The molecular weight excluding hydrogens is 288 g/mol. The molecule has 0 radical (unpaired) electrons. The maximum absolute atomic E-state index is 11.1. The number of esters is 1. The fourth-order valence-corrected chi connectivity index (χ4v) is 3.72. The number of carbonyl (C=O) groups excluding carboxylic acids is 1. The monoisotopic (exact) mass is 304 g/mol. The highest BCUT2D eigenvalue weighted by Gasteiger charge is 2.06. The van der Waals surface area contributed by atoms with Crippen molar-refractivity contribution in [3.8, 4) is 0 Å². The molecule has 7 heteroatoms. The summed E-state index contributed by atoms with van der Waals surface area (Å²) >= 11 is 4.86. The molecule has 0 saturated carbocycles. The van der Waals surface area contributed by atoms with Gasteiger partial charge in [0.1, 0.15) is 6.61 Å². The highest BCUT2D eigenvalue weighted by molar-refractivity contribution is 8.03. The lowest BCUT2D eigenvalue weighted by Gasteiger charge is -2.01. The third-order valence-corrected chi connectivity index (χ3v) is 5.07. The average Bonchev–Trinajstić information content (AvgIpc) is 2.79. The molecule has 0 aliphatic rings. The summed E-state index contributed by atoms with van der Waals surface area (Å²) in [6, 6.07) is 0. The van der Waals surface area contributed by atoms with E-state index in [0.717, 1.165) is 20.9 Å². The lowest BCUT2D eigenvalue weighted by atomic mass is 10.4. The summed E-state index contributed by atoms with van der Waals surface area (Å²) in [5, 5.41) is 8.16. The fraction of sp³-hybridized carbons (Fsp3) is 0.545. The van der Waals surface area contributed by atoms with Crippen molar-refractivity contribution in [2.75, 3.05) is 18.1 Å². The largest absolute Gasteiger partial charge is 0.461 e. The second kappa shape index (κ2) is 8.55. The van der Waals surface area contributed by atoms with Crippen molar-refractivity contribution in [3.05, 3.63) is 12.2 Å². The van der Waals surface area contributed by atoms with Crippen LogP contribution < -0.4 is 0 Å². The molecule has 0 spiro atoms. The molecule has 0 amide bonds. The molecule has 4 nitrogen and oxygen atoms in total. The van der Waals surface area contributed by atoms with Gasteiger partial charge in [-0.3, -0.25) is 0 Å². The van der Waals surface area contributed by atoms with Gasteiger partial charge >= 0.3 is 5.97 Å². The van der Waals surface area contributed by atoms with Crippen LogP contribution in [0.5, 0.6) is 0 Å². The molecule has 0 atom stereocenters. The van der Waals surface area contributed by atoms with E-state index in [1.54, 1.807) is 41.8 Å². The lowest BCUT2D eigenvalue weighted by molar-refractivity contribution is -0.138. The van der Waals surface area contributed by atoms with E-state index >= 15 is 0 Å². The first-order valence-corrected chi connectivity index (χ1v) is 8.34. The van der Waals surface area contributed by atoms with Crippen LogP contribution in [0.4, 0.5) is 0 Å². The van der Waals surface area contributed by atoms with Gasteiger partial charge in [-0.2, -0.15) is 0 Å². The maximum atomic E-state index is 11.1. The van der Waals surface area contributed by atoms with Crippen LogP contribution in [0.15, 0.2) is 20.8 Å². The van der Waals surface area contributed by atoms with Gasteiger partial charge in [-0.25, -0.2) is 4.79 Å². The van der Waals surface area contributed by atoms with E-state index in [0.29, 0.717) is 17.9 Å². The van der Waals surface area contributed by atoms with Crippen LogP contribution in [0.1, 0.15) is 20.3 Å². The van der Waals surface area contributed by atoms with Gasteiger partial charge in [0, 0.05) is 17.1 Å². The minimum atomic E-state index is -0.341. The molecule has 0 aliphatic carbocycles. The minimum absolute atomic E-state index is 0.341. The zero-order chi connectivity index (χ0) is 13.4. The van der Waals surface area contributed by atoms with Crippen molar-refractivity contribution in [1.82, 2.24) is 10.2 Å². The molecule has 0 aromatic carbocycles. The second-order valence-corrected chi connectivity index (χ2v) is 7.11. The van der Waals surface area contributed by atoms with E-state index in [2.05, 4.69) is 23.7 Å². The van der Waals surface area contributed by atoms with Crippen LogP contribution >= 0.6 is 34.9 Å². The summed E-state index contributed by atoms with van der Waals surface area (Å²) in [5.74, 6) is 1.41. The van der Waals surface area contributed by atoms with E-state index < -0.39 is 0 Å². The Bertz CT molecular complexity index is 407. The Morgan fingerprint density at radius 3 is 2.50 bits per heavy atom. The van der Waals surface area contributed by atoms with Crippen molar-refractivity contribution in [1.29, 1.82) is 0 Å². The molecule has 1 rings (SSSR count). The van der Waals surface area contributed by atoms with Gasteiger partial charge in [0.15, 0.2) is 8.68 Å². The van der Waals surface area contributed by atoms with Crippen LogP contribution in [0.3, 0.4) is 0 Å². The molecule has 1 aromatic rings. The zero-order valence-electron chi connectivity index (χ0n) is 10.5. The van der Waals surface area contributed by atoms with Crippen LogP contribution in [0, 0.1) is 0 Å². The average molecular weight is 304 g/mol. The highest BCUT2D eigenvalue weighted by atomic mass is 32.2. The molecule has 0 saturated heterocycles. The van der Waals surface area contributed by atoms with E-state index in [9.17, 15) is 4.79 Å². The summed E-state index contributed by atoms with van der Waals surface area (Å²) in [5.41, 5.74) is 0.425. The Labute approximate surface area is 120 Å². The van der Waals surface area contributed by atoms with E-state index in [1.807, 2.05) is 0 Å². The molecule has 0 aliphatic heterocycles. The quantitative estimate of drug-likeness (QED) is 0.318. The molecule has 18 heavy (non-hydrogen) atoms. The molecule has 0 bridgehead atoms. The highest BCUT2D eigenvalue weighted by Crippen LogP contribution is 2.28. The first-order chi connectivity index (χ1) is 8.63. The van der Waals surface area contributed by atoms with Gasteiger partial charge < -0.3 is 4.74 Å². The number of rotatable bonds is 8. The Kier molecular flexibility index (Phi) is 7.38. The normalized spacial score (nSPS) is 10.3. The van der Waals surface area contributed by atoms with Gasteiger partial charge in [0.25, 0.3) is 0 Å². The second-order valence-electron chi connectivity index (χ2n) is 3.45. The number of nitrogens with zero attached hydrogens (tertiary/aromatic N) is 2. The number of thioether (sulfide) groups is 2. The van der Waals surface area contributed by atoms with Gasteiger partial charge in [-0.15, -0.1) is 10.2 Å². The van der Waals surface area contributed by atoms with Gasteiger partial charge in [0.05, 0.1) is 0 Å². The molecule has 0 fully saturated rings. The predicted molar refractivity (Wildman–Crippen MR) is 77.4 cm³/mol. The van der Waals surface area contributed by atoms with Gasteiger partial charge in [0.2, 0.25) is 0 Å². The minimum Gasteiger partial charge on any atom is -0.461 e. The standard InChI is InChI=1S/C11H16N2O2S3/c1-4-6-16-10-12-13-11(18-10)17-7-5-15-9(14)8(2)3/h2,4-7H2,1,3H3. The number of carbonyl (C=O) groups is 1. The van der Waals surface area contributed by atoms with Crippen molar-refractivity contribution in [2.45, 2.75) is 28.9 Å². The third kappa shape index (κ3) is 5.88. The van der Waals surface area contributed by atoms with Gasteiger partial charge in [-0.05, 0) is 13.3 Å². The molecule has 100 valence electrons. The maximum Gasteiger partial charge on any atom is 0.333 e. The summed E-state index contributed by atoms with van der Waals surface area (Å²) in [7, 11) is 0. The van der Waals surface area contributed by atoms with E-state index in [1.165, 1.54) is 0 Å². The van der Waals surface area contributed by atoms with Crippen LogP contribution in [0.25, 0.3) is 0 Å². The SMILES string of the molecule is C=C(C)C(=O)OCCSc1nnc(SCCC)s1. The fourth-order valence-electron chi connectivity index (χ4n) is 0.890. The number of hydrogen-bond acceptors (Lipinski definition) is 7. The molecule has 0 unspecified atom stereocenters. The van der Waals surface area contributed by atoms with Crippen LogP contribution in [-0.4, -0.2) is 34.3 Å². The predicted octanol–water partition coefficient (Wildman–Crippen LogP) is 3.25.